The first-order chi connectivity index (χ1) is 12.3. The van der Waals surface area contributed by atoms with Gasteiger partial charge in [-0.2, -0.15) is 8.78 Å². The lowest BCUT2D eigenvalue weighted by molar-refractivity contribution is -0.390. The standard InChI is InChI=1S/C16H15F2N3O5/c1-9-7-8-13(14(19-9)21(23)24)25-10(2)15(22)20-11-5-3-4-6-12(11)26-16(17)18/h3-8,10,16H,1-2H3,(H,20,22)/t10-/m0/s1. The summed E-state index contributed by atoms with van der Waals surface area (Å²) in [7, 11) is 0. The van der Waals surface area contributed by atoms with Crippen molar-refractivity contribution < 1.29 is 28.0 Å². The van der Waals surface area contributed by atoms with Gasteiger partial charge in [-0.1, -0.05) is 12.1 Å². The van der Waals surface area contributed by atoms with Crippen molar-refractivity contribution in [1.29, 1.82) is 0 Å². The molecule has 0 aliphatic rings. The van der Waals surface area contributed by atoms with Crippen LogP contribution in [0.4, 0.5) is 20.3 Å². The SMILES string of the molecule is Cc1ccc(O[C@@H](C)C(=O)Nc2ccccc2OC(F)F)c([N+](=O)[O-])n1. The van der Waals surface area contributed by atoms with E-state index in [1.54, 1.807) is 6.92 Å². The number of hydrogen-bond acceptors (Lipinski definition) is 6. The van der Waals surface area contributed by atoms with Crippen molar-refractivity contribution in [3.05, 3.63) is 52.2 Å². The number of nitrogens with one attached hydrogen (secondary N) is 1. The van der Waals surface area contributed by atoms with E-state index >= 15 is 0 Å². The summed E-state index contributed by atoms with van der Waals surface area (Å²) in [6.45, 7) is -0.120. The molecule has 0 aliphatic heterocycles. The van der Waals surface area contributed by atoms with Gasteiger partial charge in [-0.05, 0) is 41.1 Å². The van der Waals surface area contributed by atoms with E-state index < -0.39 is 29.4 Å². The van der Waals surface area contributed by atoms with Gasteiger partial charge >= 0.3 is 12.4 Å². The van der Waals surface area contributed by atoms with Crippen molar-refractivity contribution in [3.8, 4) is 11.5 Å². The van der Waals surface area contributed by atoms with Gasteiger partial charge in [0.15, 0.2) is 6.10 Å². The van der Waals surface area contributed by atoms with E-state index in [0.29, 0.717) is 5.69 Å². The molecule has 10 heteroatoms. The average Bonchev–Trinajstić information content (AvgIpc) is 2.57. The number of nitrogens with zero attached hydrogens (tertiary/aromatic N) is 2. The molecule has 1 aromatic heterocycles. The Morgan fingerprint density at radius 1 is 1.19 bits per heavy atom. The van der Waals surface area contributed by atoms with Crippen LogP contribution in [0.1, 0.15) is 12.6 Å². The Bertz CT molecular complexity index is 816. The number of nitro groups is 1. The minimum Gasteiger partial charge on any atom is -0.473 e. The van der Waals surface area contributed by atoms with Gasteiger partial charge in [0.2, 0.25) is 5.75 Å². The normalized spacial score (nSPS) is 11.7. The lowest BCUT2D eigenvalue weighted by atomic mass is 10.2. The number of hydrogen-bond donors (Lipinski definition) is 1. The lowest BCUT2D eigenvalue weighted by Gasteiger charge is -2.16. The molecule has 0 bridgehead atoms. The number of carbonyl (C=O) groups is 1. The first-order valence-electron chi connectivity index (χ1n) is 7.41. The van der Waals surface area contributed by atoms with Crippen LogP contribution >= 0.6 is 0 Å². The maximum atomic E-state index is 12.4. The molecule has 0 unspecified atom stereocenters. The third kappa shape index (κ3) is 4.85. The number of anilines is 1. The van der Waals surface area contributed by atoms with E-state index in [0.717, 1.165) is 0 Å². The highest BCUT2D eigenvalue weighted by Crippen LogP contribution is 2.28. The molecule has 0 saturated heterocycles. The number of alkyl halides is 2. The van der Waals surface area contributed by atoms with E-state index in [1.807, 2.05) is 0 Å². The number of para-hydroxylation sites is 2. The van der Waals surface area contributed by atoms with Crippen molar-refractivity contribution in [3.63, 3.8) is 0 Å². The molecule has 8 nitrogen and oxygen atoms in total. The Kier molecular flexibility index (Phi) is 5.99. The molecule has 1 atom stereocenters. The van der Waals surface area contributed by atoms with E-state index in [9.17, 15) is 23.7 Å². The molecule has 0 saturated carbocycles. The topological polar surface area (TPSA) is 104 Å². The van der Waals surface area contributed by atoms with E-state index in [1.165, 1.54) is 43.3 Å². The van der Waals surface area contributed by atoms with Crippen LogP contribution in [0.15, 0.2) is 36.4 Å². The monoisotopic (exact) mass is 367 g/mol. The van der Waals surface area contributed by atoms with Crippen LogP contribution < -0.4 is 14.8 Å². The zero-order chi connectivity index (χ0) is 19.3. The number of pyridine rings is 1. The Labute approximate surface area is 146 Å². The number of aryl methyl sites for hydroxylation is 1. The molecule has 0 aliphatic carbocycles. The summed E-state index contributed by atoms with van der Waals surface area (Å²) in [5, 5.41) is 13.4. The molecular weight excluding hydrogens is 352 g/mol. The lowest BCUT2D eigenvalue weighted by Crippen LogP contribution is -2.30. The fraction of sp³-hybridized carbons (Fsp3) is 0.250. The predicted octanol–water partition coefficient (Wildman–Crippen LogP) is 3.31. The predicted molar refractivity (Wildman–Crippen MR) is 87.4 cm³/mol. The maximum absolute atomic E-state index is 12.4. The third-order valence-electron chi connectivity index (χ3n) is 3.19. The van der Waals surface area contributed by atoms with Crippen LogP contribution in [0.2, 0.25) is 0 Å². The summed E-state index contributed by atoms with van der Waals surface area (Å²) in [5.74, 6) is -1.62. The summed E-state index contributed by atoms with van der Waals surface area (Å²) in [6, 6.07) is 8.46. The van der Waals surface area contributed by atoms with Crippen LogP contribution in [-0.2, 0) is 4.79 Å². The Hall–Kier alpha value is -3.30. The van der Waals surface area contributed by atoms with Crippen molar-refractivity contribution >= 4 is 17.4 Å². The van der Waals surface area contributed by atoms with Gasteiger partial charge in [-0.25, -0.2) is 0 Å². The van der Waals surface area contributed by atoms with Crippen LogP contribution in [0.5, 0.6) is 11.5 Å². The van der Waals surface area contributed by atoms with Gasteiger partial charge in [0, 0.05) is 6.92 Å². The summed E-state index contributed by atoms with van der Waals surface area (Å²) in [6.07, 6.45) is -1.15. The number of ether oxygens (including phenoxy) is 2. The smallest absolute Gasteiger partial charge is 0.406 e. The molecule has 0 fully saturated rings. The molecular formula is C16H15F2N3O5. The molecule has 2 rings (SSSR count). The largest absolute Gasteiger partial charge is 0.473 e. The summed E-state index contributed by atoms with van der Waals surface area (Å²) in [5.41, 5.74) is 0.434. The van der Waals surface area contributed by atoms with Gasteiger partial charge < -0.3 is 24.9 Å². The second kappa shape index (κ2) is 8.19. The van der Waals surface area contributed by atoms with Crippen LogP contribution in [0.3, 0.4) is 0 Å². The van der Waals surface area contributed by atoms with E-state index in [4.69, 9.17) is 4.74 Å². The fourth-order valence-corrected chi connectivity index (χ4v) is 2.00. The van der Waals surface area contributed by atoms with Gasteiger partial charge in [0.1, 0.15) is 11.4 Å². The number of benzene rings is 1. The highest BCUT2D eigenvalue weighted by molar-refractivity contribution is 5.95. The van der Waals surface area contributed by atoms with Crippen molar-refractivity contribution in [2.75, 3.05) is 5.32 Å². The van der Waals surface area contributed by atoms with Crippen LogP contribution in [0, 0.1) is 17.0 Å². The second-order valence-corrected chi connectivity index (χ2v) is 5.16. The first-order valence-corrected chi connectivity index (χ1v) is 7.41. The Balaban J connectivity index is 2.13. The van der Waals surface area contributed by atoms with E-state index in [-0.39, 0.29) is 17.2 Å². The maximum Gasteiger partial charge on any atom is 0.406 e. The number of carbonyl (C=O) groups excluding carboxylic acids is 1. The zero-order valence-corrected chi connectivity index (χ0v) is 13.8. The van der Waals surface area contributed by atoms with Crippen LogP contribution in [0.25, 0.3) is 0 Å². The molecule has 1 heterocycles. The molecule has 1 aromatic carbocycles. The van der Waals surface area contributed by atoms with Crippen molar-refractivity contribution in [1.82, 2.24) is 4.98 Å². The summed E-state index contributed by atoms with van der Waals surface area (Å²) < 4.78 is 34.4. The van der Waals surface area contributed by atoms with Crippen molar-refractivity contribution in [2.45, 2.75) is 26.6 Å². The van der Waals surface area contributed by atoms with Gasteiger partial charge in [0.05, 0.1) is 5.69 Å². The quantitative estimate of drug-likeness (QED) is 0.595. The van der Waals surface area contributed by atoms with Gasteiger partial charge in [-0.15, -0.1) is 0 Å². The Morgan fingerprint density at radius 2 is 1.88 bits per heavy atom. The number of aromatic nitrogens is 1. The molecule has 1 N–H and O–H groups in total. The fourth-order valence-electron chi connectivity index (χ4n) is 2.00. The van der Waals surface area contributed by atoms with Gasteiger partial charge in [0.25, 0.3) is 5.91 Å². The first kappa shape index (κ1) is 19.0. The minimum absolute atomic E-state index is 0.0183. The van der Waals surface area contributed by atoms with E-state index in [2.05, 4.69) is 15.0 Å². The zero-order valence-electron chi connectivity index (χ0n) is 13.8. The average molecular weight is 367 g/mol. The molecule has 138 valence electrons. The third-order valence-corrected chi connectivity index (χ3v) is 3.19. The molecule has 0 radical (unpaired) electrons. The number of halogens is 2. The molecule has 0 spiro atoms. The Morgan fingerprint density at radius 3 is 2.54 bits per heavy atom. The number of amides is 1. The van der Waals surface area contributed by atoms with Crippen LogP contribution in [-0.4, -0.2) is 28.5 Å². The highest BCUT2D eigenvalue weighted by atomic mass is 19.3. The summed E-state index contributed by atoms with van der Waals surface area (Å²) >= 11 is 0. The second-order valence-electron chi connectivity index (χ2n) is 5.16. The minimum atomic E-state index is -3.05. The summed E-state index contributed by atoms with van der Waals surface area (Å²) in [4.78, 5) is 26.3. The highest BCUT2D eigenvalue weighted by Gasteiger charge is 2.23. The van der Waals surface area contributed by atoms with Crippen molar-refractivity contribution in [2.24, 2.45) is 0 Å². The molecule has 26 heavy (non-hydrogen) atoms. The molecule has 1 amide bonds. The van der Waals surface area contributed by atoms with Gasteiger partial charge in [-0.3, -0.25) is 4.79 Å². The molecule has 2 aromatic rings. The number of rotatable bonds is 7.